The lowest BCUT2D eigenvalue weighted by atomic mass is 10.1. The molecular weight excluding hydrogens is 272 g/mol. The van der Waals surface area contributed by atoms with Crippen LogP contribution in [0.4, 0.5) is 11.4 Å². The number of nitro benzene ring substituents is 1. The molecule has 7 heteroatoms. The minimum Gasteiger partial charge on any atom is -0.366 e. The average molecular weight is 292 g/mol. The first-order valence-electron chi connectivity index (χ1n) is 7.10. The molecule has 0 spiro atoms. The SMILES string of the molecule is CCCN(c1ccc(C(N)=O)cc1[N+](=O)[O-])C1CCNC1. The van der Waals surface area contributed by atoms with Gasteiger partial charge in [-0.3, -0.25) is 14.9 Å². The summed E-state index contributed by atoms with van der Waals surface area (Å²) in [5, 5.41) is 14.6. The number of nitrogens with one attached hydrogen (secondary N) is 1. The van der Waals surface area contributed by atoms with Gasteiger partial charge in [0.15, 0.2) is 0 Å². The van der Waals surface area contributed by atoms with Crippen LogP contribution in [0.1, 0.15) is 30.1 Å². The standard InChI is InChI=1S/C14H20N4O3/c1-2-7-17(11-5-6-16-9-11)12-4-3-10(14(15)19)8-13(12)18(20)21/h3-4,8,11,16H,2,5-7,9H2,1H3,(H2,15,19). The van der Waals surface area contributed by atoms with E-state index in [2.05, 4.69) is 10.2 Å². The lowest BCUT2D eigenvalue weighted by molar-refractivity contribution is -0.384. The van der Waals surface area contributed by atoms with E-state index in [0.29, 0.717) is 5.69 Å². The number of nitrogens with zero attached hydrogens (tertiary/aromatic N) is 2. The number of carbonyl (C=O) groups is 1. The van der Waals surface area contributed by atoms with Crippen molar-refractivity contribution in [2.45, 2.75) is 25.8 Å². The van der Waals surface area contributed by atoms with Crippen molar-refractivity contribution in [1.29, 1.82) is 0 Å². The van der Waals surface area contributed by atoms with Gasteiger partial charge in [-0.2, -0.15) is 0 Å². The maximum Gasteiger partial charge on any atom is 0.293 e. The van der Waals surface area contributed by atoms with Crippen molar-refractivity contribution in [3.8, 4) is 0 Å². The second-order valence-electron chi connectivity index (χ2n) is 5.16. The Labute approximate surface area is 123 Å². The summed E-state index contributed by atoms with van der Waals surface area (Å²) in [6.07, 6.45) is 1.85. The molecule has 1 unspecified atom stereocenters. The first-order valence-corrected chi connectivity index (χ1v) is 7.10. The molecule has 1 aromatic rings. The fourth-order valence-corrected chi connectivity index (χ4v) is 2.71. The topological polar surface area (TPSA) is 102 Å². The lowest BCUT2D eigenvalue weighted by Gasteiger charge is -2.30. The molecule has 1 aromatic carbocycles. The van der Waals surface area contributed by atoms with Crippen LogP contribution in [-0.4, -0.2) is 36.5 Å². The highest BCUT2D eigenvalue weighted by Gasteiger charge is 2.28. The summed E-state index contributed by atoms with van der Waals surface area (Å²) in [6, 6.07) is 4.69. The summed E-state index contributed by atoms with van der Waals surface area (Å²) < 4.78 is 0. The van der Waals surface area contributed by atoms with Crippen molar-refractivity contribution in [2.24, 2.45) is 5.73 Å². The number of benzene rings is 1. The molecule has 1 aliphatic heterocycles. The van der Waals surface area contributed by atoms with Crippen molar-refractivity contribution >= 4 is 17.3 Å². The molecule has 114 valence electrons. The third-order valence-corrected chi connectivity index (χ3v) is 3.71. The van der Waals surface area contributed by atoms with E-state index in [1.54, 1.807) is 12.1 Å². The molecule has 1 aliphatic rings. The van der Waals surface area contributed by atoms with Gasteiger partial charge in [0.2, 0.25) is 5.91 Å². The van der Waals surface area contributed by atoms with E-state index >= 15 is 0 Å². The average Bonchev–Trinajstić information content (AvgIpc) is 2.98. The number of primary amides is 1. The largest absolute Gasteiger partial charge is 0.366 e. The second-order valence-corrected chi connectivity index (χ2v) is 5.16. The number of nitrogens with two attached hydrogens (primary N) is 1. The highest BCUT2D eigenvalue weighted by Crippen LogP contribution is 2.32. The van der Waals surface area contributed by atoms with Gasteiger partial charge in [-0.15, -0.1) is 0 Å². The molecule has 0 aliphatic carbocycles. The molecule has 0 saturated carbocycles. The molecule has 1 fully saturated rings. The van der Waals surface area contributed by atoms with Gasteiger partial charge in [0, 0.05) is 30.8 Å². The van der Waals surface area contributed by atoms with Crippen LogP contribution in [0.5, 0.6) is 0 Å². The summed E-state index contributed by atoms with van der Waals surface area (Å²) in [5.41, 5.74) is 5.86. The maximum absolute atomic E-state index is 11.3. The van der Waals surface area contributed by atoms with Crippen LogP contribution in [0.2, 0.25) is 0 Å². The van der Waals surface area contributed by atoms with Crippen LogP contribution in [0.25, 0.3) is 0 Å². The molecule has 0 aromatic heterocycles. The number of hydrogen-bond donors (Lipinski definition) is 2. The number of rotatable bonds is 6. The Bertz CT molecular complexity index is 541. The van der Waals surface area contributed by atoms with Crippen LogP contribution >= 0.6 is 0 Å². The van der Waals surface area contributed by atoms with Crippen LogP contribution in [0.15, 0.2) is 18.2 Å². The van der Waals surface area contributed by atoms with E-state index in [4.69, 9.17) is 5.73 Å². The highest BCUT2D eigenvalue weighted by molar-refractivity contribution is 5.94. The van der Waals surface area contributed by atoms with Gasteiger partial charge in [0.1, 0.15) is 5.69 Å². The first kappa shape index (κ1) is 15.2. The first-order chi connectivity index (χ1) is 10.0. The zero-order valence-corrected chi connectivity index (χ0v) is 12.0. The second kappa shape index (κ2) is 6.53. The van der Waals surface area contributed by atoms with Crippen molar-refractivity contribution in [3.63, 3.8) is 0 Å². The number of anilines is 1. The van der Waals surface area contributed by atoms with E-state index in [1.165, 1.54) is 6.07 Å². The summed E-state index contributed by atoms with van der Waals surface area (Å²) in [7, 11) is 0. The Kier molecular flexibility index (Phi) is 4.74. The van der Waals surface area contributed by atoms with Crippen molar-refractivity contribution < 1.29 is 9.72 Å². The van der Waals surface area contributed by atoms with Gasteiger partial charge in [-0.25, -0.2) is 0 Å². The van der Waals surface area contributed by atoms with Crippen LogP contribution in [0, 0.1) is 10.1 Å². The zero-order valence-electron chi connectivity index (χ0n) is 12.0. The molecule has 3 N–H and O–H groups in total. The van der Waals surface area contributed by atoms with Crippen LogP contribution in [0.3, 0.4) is 0 Å². The molecule has 21 heavy (non-hydrogen) atoms. The predicted molar refractivity (Wildman–Crippen MR) is 80.5 cm³/mol. The van der Waals surface area contributed by atoms with E-state index in [0.717, 1.165) is 32.5 Å². The maximum atomic E-state index is 11.3. The fourth-order valence-electron chi connectivity index (χ4n) is 2.71. The summed E-state index contributed by atoms with van der Waals surface area (Å²) >= 11 is 0. The molecule has 1 amide bonds. The van der Waals surface area contributed by atoms with Gasteiger partial charge in [0.25, 0.3) is 5.69 Å². The smallest absolute Gasteiger partial charge is 0.293 e. The molecule has 2 rings (SSSR count). The van der Waals surface area contributed by atoms with E-state index < -0.39 is 10.8 Å². The molecule has 0 radical (unpaired) electrons. The van der Waals surface area contributed by atoms with E-state index in [-0.39, 0.29) is 17.3 Å². The number of nitro groups is 1. The van der Waals surface area contributed by atoms with Gasteiger partial charge in [0.05, 0.1) is 4.92 Å². The molecule has 7 nitrogen and oxygen atoms in total. The minimum atomic E-state index is -0.658. The summed E-state index contributed by atoms with van der Waals surface area (Å²) in [4.78, 5) is 24.2. The highest BCUT2D eigenvalue weighted by atomic mass is 16.6. The molecule has 1 atom stereocenters. The third-order valence-electron chi connectivity index (χ3n) is 3.71. The Morgan fingerprint density at radius 1 is 1.57 bits per heavy atom. The normalized spacial score (nSPS) is 17.7. The predicted octanol–water partition coefficient (Wildman–Crippen LogP) is 1.27. The Balaban J connectivity index is 2.43. The Hall–Kier alpha value is -2.15. The van der Waals surface area contributed by atoms with E-state index in [1.807, 2.05) is 6.92 Å². The Morgan fingerprint density at radius 2 is 2.33 bits per heavy atom. The molecule has 1 heterocycles. The van der Waals surface area contributed by atoms with E-state index in [9.17, 15) is 14.9 Å². The van der Waals surface area contributed by atoms with Crippen LogP contribution < -0.4 is 16.0 Å². The van der Waals surface area contributed by atoms with Crippen molar-refractivity contribution in [1.82, 2.24) is 5.32 Å². The number of carbonyl (C=O) groups excluding carboxylic acids is 1. The Morgan fingerprint density at radius 3 is 2.86 bits per heavy atom. The van der Waals surface area contributed by atoms with Gasteiger partial charge in [-0.05, 0) is 31.5 Å². The van der Waals surface area contributed by atoms with Gasteiger partial charge < -0.3 is 16.0 Å². The zero-order chi connectivity index (χ0) is 15.4. The quantitative estimate of drug-likeness (QED) is 0.607. The monoisotopic (exact) mass is 292 g/mol. The van der Waals surface area contributed by atoms with Crippen molar-refractivity contribution in [2.75, 3.05) is 24.5 Å². The van der Waals surface area contributed by atoms with Gasteiger partial charge >= 0.3 is 0 Å². The minimum absolute atomic E-state index is 0.0633. The summed E-state index contributed by atoms with van der Waals surface area (Å²) in [5.74, 6) is -0.658. The van der Waals surface area contributed by atoms with Gasteiger partial charge in [-0.1, -0.05) is 6.92 Å². The number of amides is 1. The molecular formula is C14H20N4O3. The van der Waals surface area contributed by atoms with Crippen molar-refractivity contribution in [3.05, 3.63) is 33.9 Å². The molecule has 1 saturated heterocycles. The lowest BCUT2D eigenvalue weighted by Crippen LogP contribution is -2.38. The fraction of sp³-hybridized carbons (Fsp3) is 0.500. The molecule has 0 bridgehead atoms. The third kappa shape index (κ3) is 3.30. The summed E-state index contributed by atoms with van der Waals surface area (Å²) in [6.45, 7) is 4.51. The van der Waals surface area contributed by atoms with Crippen LogP contribution in [-0.2, 0) is 0 Å². The number of hydrogen-bond acceptors (Lipinski definition) is 5.